The van der Waals surface area contributed by atoms with Crippen molar-refractivity contribution >= 4 is 29.3 Å². The van der Waals surface area contributed by atoms with Crippen LogP contribution in [0.2, 0.25) is 0 Å². The summed E-state index contributed by atoms with van der Waals surface area (Å²) in [6.45, 7) is 4.93. The van der Waals surface area contributed by atoms with Crippen LogP contribution in [0.25, 0.3) is 16.8 Å². The summed E-state index contributed by atoms with van der Waals surface area (Å²) in [6.07, 6.45) is 5.78. The number of carbonyl (C=O) groups is 1. The average molecular weight is 533 g/mol. The van der Waals surface area contributed by atoms with E-state index in [1.807, 2.05) is 42.0 Å². The van der Waals surface area contributed by atoms with Crippen molar-refractivity contribution < 1.29 is 14.3 Å². The Balaban J connectivity index is 1.61. The van der Waals surface area contributed by atoms with Crippen LogP contribution in [-0.4, -0.2) is 58.6 Å². The number of aromatic nitrogens is 4. The number of rotatable bonds is 9. The van der Waals surface area contributed by atoms with Gasteiger partial charge >= 0.3 is 0 Å². The van der Waals surface area contributed by atoms with Gasteiger partial charge in [0.2, 0.25) is 11.9 Å². The molecule has 2 aromatic heterocycles. The molecule has 5 rings (SSSR count). The maximum atomic E-state index is 12.0. The summed E-state index contributed by atoms with van der Waals surface area (Å²) in [5, 5.41) is 5.41. The highest BCUT2D eigenvalue weighted by atomic mass is 32.2. The van der Waals surface area contributed by atoms with E-state index in [9.17, 15) is 4.79 Å². The van der Waals surface area contributed by atoms with Crippen LogP contribution < -0.4 is 15.4 Å². The molecule has 1 amide bonds. The van der Waals surface area contributed by atoms with E-state index in [1.54, 1.807) is 19.4 Å². The van der Waals surface area contributed by atoms with E-state index in [2.05, 4.69) is 17.0 Å². The van der Waals surface area contributed by atoms with Crippen molar-refractivity contribution in [3.05, 3.63) is 65.4 Å². The van der Waals surface area contributed by atoms with Crippen LogP contribution in [0.1, 0.15) is 34.3 Å². The van der Waals surface area contributed by atoms with Gasteiger partial charge < -0.3 is 20.1 Å². The van der Waals surface area contributed by atoms with Crippen molar-refractivity contribution in [2.24, 2.45) is 11.7 Å². The molecule has 38 heavy (non-hydrogen) atoms. The number of hydrogen-bond donors (Lipinski definition) is 1. The second-order valence-corrected chi connectivity index (χ2v) is 10.2. The molecule has 0 spiro atoms. The molecule has 198 valence electrons. The molecule has 2 aromatic carbocycles. The van der Waals surface area contributed by atoms with Crippen LogP contribution in [0.3, 0.4) is 0 Å². The van der Waals surface area contributed by atoms with Gasteiger partial charge in [0.05, 0.1) is 13.3 Å². The summed E-state index contributed by atoms with van der Waals surface area (Å²) < 4.78 is 12.8. The van der Waals surface area contributed by atoms with Gasteiger partial charge in [-0.3, -0.25) is 4.79 Å². The van der Waals surface area contributed by atoms with Gasteiger partial charge in [-0.25, -0.2) is 4.98 Å². The van der Waals surface area contributed by atoms with Gasteiger partial charge in [-0.1, -0.05) is 36.0 Å². The van der Waals surface area contributed by atoms with Gasteiger partial charge in [0.25, 0.3) is 0 Å². The van der Waals surface area contributed by atoms with E-state index in [1.165, 1.54) is 11.8 Å². The first kappa shape index (κ1) is 26.0. The Morgan fingerprint density at radius 3 is 2.61 bits per heavy atom. The lowest BCUT2D eigenvalue weighted by Gasteiger charge is -2.30. The number of ether oxygens (including phenoxy) is 2. The van der Waals surface area contributed by atoms with Gasteiger partial charge in [0.1, 0.15) is 5.75 Å². The topological polar surface area (TPSA) is 108 Å². The molecule has 4 aromatic rings. The van der Waals surface area contributed by atoms with Crippen molar-refractivity contribution in [2.75, 3.05) is 38.0 Å². The van der Waals surface area contributed by atoms with Gasteiger partial charge in [0.15, 0.2) is 10.8 Å². The molecule has 10 heteroatoms. The molecule has 1 saturated heterocycles. The highest BCUT2D eigenvalue weighted by Crippen LogP contribution is 2.32. The van der Waals surface area contributed by atoms with Crippen LogP contribution >= 0.6 is 11.8 Å². The zero-order chi connectivity index (χ0) is 26.6. The lowest BCUT2D eigenvalue weighted by molar-refractivity contribution is 0.0680. The highest BCUT2D eigenvalue weighted by Gasteiger charge is 2.24. The van der Waals surface area contributed by atoms with Crippen LogP contribution in [0.4, 0.5) is 5.95 Å². The SMILES string of the molecule is COc1ccc(CN(CC2CCOCC2)c2nc(SC)nc3c(-c4cccc(C(N)=O)c4C)cnn23)cc1. The molecule has 0 bridgehead atoms. The predicted octanol–water partition coefficient (Wildman–Crippen LogP) is 4.36. The molecule has 0 radical (unpaired) electrons. The number of methoxy groups -OCH3 is 1. The number of nitrogens with two attached hydrogens (primary N) is 1. The third-order valence-corrected chi connectivity index (χ3v) is 7.58. The second-order valence-electron chi connectivity index (χ2n) is 9.43. The zero-order valence-electron chi connectivity index (χ0n) is 21.9. The van der Waals surface area contributed by atoms with Crippen LogP contribution in [-0.2, 0) is 11.3 Å². The smallest absolute Gasteiger partial charge is 0.248 e. The molecular weight excluding hydrogens is 500 g/mol. The summed E-state index contributed by atoms with van der Waals surface area (Å²) >= 11 is 1.49. The van der Waals surface area contributed by atoms with Crippen LogP contribution in [0.15, 0.2) is 53.8 Å². The van der Waals surface area contributed by atoms with E-state index in [-0.39, 0.29) is 0 Å². The summed E-state index contributed by atoms with van der Waals surface area (Å²) in [7, 11) is 1.67. The van der Waals surface area contributed by atoms with Crippen molar-refractivity contribution in [3.63, 3.8) is 0 Å². The third-order valence-electron chi connectivity index (χ3n) is 7.04. The number of thioether (sulfide) groups is 1. The second kappa shape index (κ2) is 11.4. The summed E-state index contributed by atoms with van der Waals surface area (Å²) in [6, 6.07) is 13.7. The van der Waals surface area contributed by atoms with Crippen molar-refractivity contribution in [3.8, 4) is 16.9 Å². The first-order chi connectivity index (χ1) is 18.5. The van der Waals surface area contributed by atoms with Gasteiger partial charge in [-0.05, 0) is 66.8 Å². The van der Waals surface area contributed by atoms with E-state index >= 15 is 0 Å². The normalized spacial score (nSPS) is 14.1. The largest absolute Gasteiger partial charge is 0.497 e. The summed E-state index contributed by atoms with van der Waals surface area (Å²) in [5.74, 6) is 1.58. The molecule has 0 unspecified atom stereocenters. The fraction of sp³-hybridized carbons (Fsp3) is 0.357. The number of carbonyl (C=O) groups excluding carboxylic acids is 1. The van der Waals surface area contributed by atoms with E-state index in [0.29, 0.717) is 28.8 Å². The fourth-order valence-electron chi connectivity index (χ4n) is 4.93. The number of primary amides is 1. The highest BCUT2D eigenvalue weighted by molar-refractivity contribution is 7.98. The van der Waals surface area contributed by atoms with Crippen molar-refractivity contribution in [2.45, 2.75) is 31.5 Å². The van der Waals surface area contributed by atoms with E-state index in [0.717, 1.165) is 66.6 Å². The Kier molecular flexibility index (Phi) is 7.80. The lowest BCUT2D eigenvalue weighted by Crippen LogP contribution is -2.34. The zero-order valence-corrected chi connectivity index (χ0v) is 22.7. The van der Waals surface area contributed by atoms with E-state index in [4.69, 9.17) is 30.3 Å². The van der Waals surface area contributed by atoms with Crippen molar-refractivity contribution in [1.29, 1.82) is 0 Å². The molecule has 2 N–H and O–H groups in total. The molecule has 3 heterocycles. The minimum Gasteiger partial charge on any atom is -0.497 e. The van der Waals surface area contributed by atoms with Crippen molar-refractivity contribution in [1.82, 2.24) is 19.6 Å². The molecule has 1 aliphatic heterocycles. The predicted molar refractivity (Wildman–Crippen MR) is 149 cm³/mol. The quantitative estimate of drug-likeness (QED) is 0.317. The summed E-state index contributed by atoms with van der Waals surface area (Å²) in [4.78, 5) is 24.1. The lowest BCUT2D eigenvalue weighted by atomic mass is 9.98. The number of amides is 1. The Morgan fingerprint density at radius 2 is 1.92 bits per heavy atom. The Hall–Kier alpha value is -3.63. The minimum atomic E-state index is -0.455. The molecule has 1 fully saturated rings. The summed E-state index contributed by atoms with van der Waals surface area (Å²) in [5.41, 5.74) is 10.5. The molecule has 0 saturated carbocycles. The molecule has 1 aliphatic rings. The standard InChI is InChI=1S/C28H32N6O3S/c1-18-22(5-4-6-23(18)25(29)35)24-15-30-34-26(24)31-27(38-3)32-28(34)33(17-20-11-13-37-14-12-20)16-19-7-9-21(36-2)10-8-19/h4-10,15,20H,11-14,16-17H2,1-3H3,(H2,29,35). The third kappa shape index (κ3) is 5.32. The maximum Gasteiger partial charge on any atom is 0.248 e. The number of hydrogen-bond acceptors (Lipinski definition) is 8. The van der Waals surface area contributed by atoms with Crippen LogP contribution in [0.5, 0.6) is 5.75 Å². The number of anilines is 1. The maximum absolute atomic E-state index is 12.0. The number of benzene rings is 2. The average Bonchev–Trinajstić information content (AvgIpc) is 3.37. The molecule has 9 nitrogen and oxygen atoms in total. The first-order valence-corrected chi connectivity index (χ1v) is 13.9. The monoisotopic (exact) mass is 532 g/mol. The first-order valence-electron chi connectivity index (χ1n) is 12.6. The molecule has 0 aliphatic carbocycles. The van der Waals surface area contributed by atoms with Gasteiger partial charge in [0, 0.05) is 37.4 Å². The van der Waals surface area contributed by atoms with Gasteiger partial charge in [-0.2, -0.15) is 14.6 Å². The number of nitrogens with zero attached hydrogens (tertiary/aromatic N) is 5. The molecular formula is C28H32N6O3S. The molecule has 0 atom stereocenters. The van der Waals surface area contributed by atoms with Crippen LogP contribution in [0, 0.1) is 12.8 Å². The Morgan fingerprint density at radius 1 is 1.16 bits per heavy atom. The minimum absolute atomic E-state index is 0.455. The number of fused-ring (bicyclic) bond motifs is 1. The fourth-order valence-corrected chi connectivity index (χ4v) is 5.28. The Labute approximate surface area is 226 Å². The Bertz CT molecular complexity index is 1430. The van der Waals surface area contributed by atoms with E-state index < -0.39 is 5.91 Å². The van der Waals surface area contributed by atoms with Gasteiger partial charge in [-0.15, -0.1) is 0 Å².